The van der Waals surface area contributed by atoms with Crippen molar-refractivity contribution in [3.8, 4) is 5.75 Å². The molecule has 5 nitrogen and oxygen atoms in total. The lowest BCUT2D eigenvalue weighted by Gasteiger charge is -2.17. The van der Waals surface area contributed by atoms with Crippen molar-refractivity contribution in [2.45, 2.75) is 13.0 Å². The standard InChI is InChI=1S/C23H26N2O3/c1-4-28-21-14-11-16-7-5-6-8-19(16)22(21)23(27)24-15-20(26)17-9-12-18(13-10-17)25(2)3/h5-14,20,26H,4,15H2,1-3H3,(H,24,27). The number of amides is 1. The molecule has 1 amide bonds. The molecule has 0 heterocycles. The molecule has 5 heteroatoms. The minimum atomic E-state index is -0.786. The Morgan fingerprint density at radius 3 is 2.46 bits per heavy atom. The van der Waals surface area contributed by atoms with Gasteiger partial charge in [0.15, 0.2) is 0 Å². The number of carbonyl (C=O) groups is 1. The Morgan fingerprint density at radius 2 is 1.79 bits per heavy atom. The third kappa shape index (κ3) is 4.26. The molecule has 0 aromatic heterocycles. The van der Waals surface area contributed by atoms with Gasteiger partial charge in [-0.3, -0.25) is 4.79 Å². The molecular weight excluding hydrogens is 352 g/mol. The quantitative estimate of drug-likeness (QED) is 0.657. The third-order valence-corrected chi connectivity index (χ3v) is 4.67. The van der Waals surface area contributed by atoms with Crippen LogP contribution in [0.25, 0.3) is 10.8 Å². The SMILES string of the molecule is CCOc1ccc2ccccc2c1C(=O)NCC(O)c1ccc(N(C)C)cc1. The molecule has 146 valence electrons. The Morgan fingerprint density at radius 1 is 1.07 bits per heavy atom. The lowest BCUT2D eigenvalue weighted by molar-refractivity contribution is 0.0914. The molecule has 0 spiro atoms. The summed E-state index contributed by atoms with van der Waals surface area (Å²) in [5.41, 5.74) is 2.31. The van der Waals surface area contributed by atoms with E-state index in [9.17, 15) is 9.90 Å². The monoisotopic (exact) mass is 378 g/mol. The second-order valence-corrected chi connectivity index (χ2v) is 6.80. The molecule has 1 unspecified atom stereocenters. The van der Waals surface area contributed by atoms with Crippen molar-refractivity contribution >= 4 is 22.4 Å². The Kier molecular flexibility index (Phi) is 6.16. The first-order valence-electron chi connectivity index (χ1n) is 9.39. The highest BCUT2D eigenvalue weighted by molar-refractivity contribution is 6.09. The molecule has 2 N–H and O–H groups in total. The summed E-state index contributed by atoms with van der Waals surface area (Å²) < 4.78 is 5.67. The van der Waals surface area contributed by atoms with Crippen LogP contribution >= 0.6 is 0 Å². The number of rotatable bonds is 7. The van der Waals surface area contributed by atoms with Crippen LogP contribution in [0.2, 0.25) is 0 Å². The Labute approximate surface area is 165 Å². The second kappa shape index (κ2) is 8.76. The minimum absolute atomic E-state index is 0.120. The molecule has 0 saturated carbocycles. The number of anilines is 1. The maximum atomic E-state index is 12.9. The zero-order valence-electron chi connectivity index (χ0n) is 16.5. The maximum Gasteiger partial charge on any atom is 0.255 e. The molecule has 1 atom stereocenters. The molecule has 3 rings (SSSR count). The van der Waals surface area contributed by atoms with Crippen LogP contribution in [-0.2, 0) is 0 Å². The Balaban J connectivity index is 1.78. The van der Waals surface area contributed by atoms with Crippen molar-refractivity contribution in [3.05, 3.63) is 71.8 Å². The van der Waals surface area contributed by atoms with Gasteiger partial charge in [-0.1, -0.05) is 42.5 Å². The zero-order chi connectivity index (χ0) is 20.1. The second-order valence-electron chi connectivity index (χ2n) is 6.80. The van der Waals surface area contributed by atoms with Crippen LogP contribution in [0.5, 0.6) is 5.75 Å². The molecule has 28 heavy (non-hydrogen) atoms. The first-order valence-corrected chi connectivity index (χ1v) is 9.39. The number of carbonyl (C=O) groups excluding carboxylic acids is 1. The maximum absolute atomic E-state index is 12.9. The number of nitrogens with one attached hydrogen (secondary N) is 1. The van der Waals surface area contributed by atoms with Crippen molar-refractivity contribution in [1.82, 2.24) is 5.32 Å². The molecule has 0 aliphatic heterocycles. The fraction of sp³-hybridized carbons (Fsp3) is 0.261. The van der Waals surface area contributed by atoms with E-state index in [1.165, 1.54) is 0 Å². The number of nitrogens with zero attached hydrogens (tertiary/aromatic N) is 1. The van der Waals surface area contributed by atoms with Gasteiger partial charge < -0.3 is 20.1 Å². The van der Waals surface area contributed by atoms with Crippen LogP contribution in [0.1, 0.15) is 28.9 Å². The summed E-state index contributed by atoms with van der Waals surface area (Å²) in [5, 5.41) is 15.1. The smallest absolute Gasteiger partial charge is 0.255 e. The van der Waals surface area contributed by atoms with E-state index in [0.29, 0.717) is 17.9 Å². The molecule has 3 aromatic rings. The van der Waals surface area contributed by atoms with E-state index >= 15 is 0 Å². The van der Waals surface area contributed by atoms with Crippen LogP contribution < -0.4 is 15.0 Å². The molecule has 0 fully saturated rings. The summed E-state index contributed by atoms with van der Waals surface area (Å²) in [5.74, 6) is 0.285. The number of hydrogen-bond donors (Lipinski definition) is 2. The Bertz CT molecular complexity index is 952. The lowest BCUT2D eigenvalue weighted by atomic mass is 10.0. The summed E-state index contributed by atoms with van der Waals surface area (Å²) in [6.07, 6.45) is -0.786. The zero-order valence-corrected chi connectivity index (χ0v) is 16.5. The third-order valence-electron chi connectivity index (χ3n) is 4.67. The highest BCUT2D eigenvalue weighted by Crippen LogP contribution is 2.28. The van der Waals surface area contributed by atoms with E-state index in [1.807, 2.05) is 86.6 Å². The molecular formula is C23H26N2O3. The molecule has 0 bridgehead atoms. The van der Waals surface area contributed by atoms with Crippen LogP contribution in [0.15, 0.2) is 60.7 Å². The van der Waals surface area contributed by atoms with Crippen molar-refractivity contribution < 1.29 is 14.6 Å². The highest BCUT2D eigenvalue weighted by Gasteiger charge is 2.18. The first-order chi connectivity index (χ1) is 13.5. The van der Waals surface area contributed by atoms with E-state index in [0.717, 1.165) is 22.0 Å². The van der Waals surface area contributed by atoms with Gasteiger partial charge in [-0.15, -0.1) is 0 Å². The van der Waals surface area contributed by atoms with Crippen LogP contribution in [-0.4, -0.2) is 38.3 Å². The first kappa shape index (κ1) is 19.7. The van der Waals surface area contributed by atoms with Gasteiger partial charge in [0.05, 0.1) is 18.3 Å². The Hall–Kier alpha value is -3.05. The summed E-state index contributed by atoms with van der Waals surface area (Å²) in [6, 6.07) is 19.1. The van der Waals surface area contributed by atoms with E-state index in [-0.39, 0.29) is 12.5 Å². The van der Waals surface area contributed by atoms with Gasteiger partial charge in [0.25, 0.3) is 5.91 Å². The summed E-state index contributed by atoms with van der Waals surface area (Å²) >= 11 is 0. The van der Waals surface area contributed by atoms with E-state index in [1.54, 1.807) is 0 Å². The number of benzene rings is 3. The number of ether oxygens (including phenoxy) is 1. The minimum Gasteiger partial charge on any atom is -0.493 e. The lowest BCUT2D eigenvalue weighted by Crippen LogP contribution is -2.29. The van der Waals surface area contributed by atoms with Crippen LogP contribution in [0.3, 0.4) is 0 Å². The van der Waals surface area contributed by atoms with Gasteiger partial charge >= 0.3 is 0 Å². The van der Waals surface area contributed by atoms with Crippen molar-refractivity contribution in [3.63, 3.8) is 0 Å². The predicted octanol–water partition coefficient (Wildman–Crippen LogP) is 3.77. The number of hydrogen-bond acceptors (Lipinski definition) is 4. The van der Waals surface area contributed by atoms with E-state index < -0.39 is 6.10 Å². The summed E-state index contributed by atoms with van der Waals surface area (Å²) in [7, 11) is 3.93. The molecule has 0 saturated heterocycles. The molecule has 0 radical (unpaired) electrons. The van der Waals surface area contributed by atoms with Gasteiger partial charge in [-0.25, -0.2) is 0 Å². The fourth-order valence-corrected chi connectivity index (χ4v) is 3.15. The fourth-order valence-electron chi connectivity index (χ4n) is 3.15. The van der Waals surface area contributed by atoms with Gasteiger partial charge in [0.1, 0.15) is 5.75 Å². The predicted molar refractivity (Wildman–Crippen MR) is 113 cm³/mol. The average Bonchev–Trinajstić information content (AvgIpc) is 2.71. The van der Waals surface area contributed by atoms with Gasteiger partial charge in [0.2, 0.25) is 0 Å². The number of aliphatic hydroxyl groups excluding tert-OH is 1. The number of aliphatic hydroxyl groups is 1. The average molecular weight is 378 g/mol. The van der Waals surface area contributed by atoms with E-state index in [4.69, 9.17) is 4.74 Å². The van der Waals surface area contributed by atoms with Gasteiger partial charge in [0, 0.05) is 26.3 Å². The van der Waals surface area contributed by atoms with Crippen LogP contribution in [0, 0.1) is 0 Å². The van der Waals surface area contributed by atoms with Gasteiger partial charge in [-0.2, -0.15) is 0 Å². The molecule has 0 aliphatic rings. The van der Waals surface area contributed by atoms with Crippen molar-refractivity contribution in [2.24, 2.45) is 0 Å². The molecule has 3 aromatic carbocycles. The highest BCUT2D eigenvalue weighted by atomic mass is 16.5. The number of fused-ring (bicyclic) bond motifs is 1. The summed E-state index contributed by atoms with van der Waals surface area (Å²) in [6.45, 7) is 2.48. The summed E-state index contributed by atoms with van der Waals surface area (Å²) in [4.78, 5) is 14.9. The van der Waals surface area contributed by atoms with E-state index in [2.05, 4.69) is 5.32 Å². The largest absolute Gasteiger partial charge is 0.493 e. The van der Waals surface area contributed by atoms with Crippen LogP contribution in [0.4, 0.5) is 5.69 Å². The molecule has 0 aliphatic carbocycles. The topological polar surface area (TPSA) is 61.8 Å². The normalized spacial score (nSPS) is 11.9. The van der Waals surface area contributed by atoms with Crippen molar-refractivity contribution in [2.75, 3.05) is 32.1 Å². The van der Waals surface area contributed by atoms with Crippen molar-refractivity contribution in [1.29, 1.82) is 0 Å². The van der Waals surface area contributed by atoms with Gasteiger partial charge in [-0.05, 0) is 41.5 Å².